The molecule has 3 rings (SSSR count). The van der Waals surface area contributed by atoms with Crippen molar-refractivity contribution in [3.05, 3.63) is 65.6 Å². The van der Waals surface area contributed by atoms with Crippen molar-refractivity contribution in [2.24, 2.45) is 5.73 Å². The van der Waals surface area contributed by atoms with Crippen LogP contribution >= 0.6 is 0 Å². The second kappa shape index (κ2) is 4.86. The Balaban J connectivity index is 2.09. The van der Waals surface area contributed by atoms with Gasteiger partial charge in [0.25, 0.3) is 0 Å². The summed E-state index contributed by atoms with van der Waals surface area (Å²) in [4.78, 5) is 4.46. The molecule has 3 heteroatoms. The summed E-state index contributed by atoms with van der Waals surface area (Å²) >= 11 is 0. The molecule has 0 amide bonds. The number of nitrogens with two attached hydrogens (primary N) is 1. The average Bonchev–Trinajstić information content (AvgIpc) is 2.80. The van der Waals surface area contributed by atoms with E-state index in [9.17, 15) is 0 Å². The zero-order valence-electron chi connectivity index (χ0n) is 11.0. The Kier molecular flexibility index (Phi) is 3.05. The highest BCUT2D eigenvalue weighted by atomic mass is 15.0. The van der Waals surface area contributed by atoms with Crippen LogP contribution in [0.15, 0.2) is 48.8 Å². The van der Waals surface area contributed by atoms with Gasteiger partial charge >= 0.3 is 0 Å². The number of nitrogens with zero attached hydrogens (tertiary/aromatic N) is 2. The van der Waals surface area contributed by atoms with Crippen LogP contribution in [0.3, 0.4) is 0 Å². The Morgan fingerprint density at radius 3 is 2.79 bits per heavy atom. The third-order valence-corrected chi connectivity index (χ3v) is 3.53. The third kappa shape index (κ3) is 2.13. The van der Waals surface area contributed by atoms with Gasteiger partial charge in [0.2, 0.25) is 0 Å². The van der Waals surface area contributed by atoms with Gasteiger partial charge in [-0.3, -0.25) is 4.98 Å². The highest BCUT2D eigenvalue weighted by Crippen LogP contribution is 2.22. The van der Waals surface area contributed by atoms with Crippen LogP contribution in [0.5, 0.6) is 0 Å². The molecule has 0 atom stereocenters. The van der Waals surface area contributed by atoms with Gasteiger partial charge in [-0.1, -0.05) is 24.3 Å². The maximum absolute atomic E-state index is 5.82. The molecule has 0 aliphatic carbocycles. The molecule has 3 aromatic rings. The molecule has 2 aromatic heterocycles. The van der Waals surface area contributed by atoms with Crippen LogP contribution < -0.4 is 5.73 Å². The fourth-order valence-electron chi connectivity index (χ4n) is 2.46. The highest BCUT2D eigenvalue weighted by Gasteiger charge is 2.08. The lowest BCUT2D eigenvalue weighted by atomic mass is 10.2. The quantitative estimate of drug-likeness (QED) is 0.778. The fourth-order valence-corrected chi connectivity index (χ4v) is 2.46. The van der Waals surface area contributed by atoms with Gasteiger partial charge in [-0.25, -0.2) is 0 Å². The van der Waals surface area contributed by atoms with Crippen molar-refractivity contribution in [1.29, 1.82) is 0 Å². The molecule has 0 fully saturated rings. The van der Waals surface area contributed by atoms with Gasteiger partial charge in [0.15, 0.2) is 0 Å². The van der Waals surface area contributed by atoms with Gasteiger partial charge < -0.3 is 10.3 Å². The first-order chi connectivity index (χ1) is 9.29. The van der Waals surface area contributed by atoms with Crippen molar-refractivity contribution in [3.8, 4) is 0 Å². The molecule has 0 saturated heterocycles. The lowest BCUT2D eigenvalue weighted by Gasteiger charge is -2.07. The average molecular weight is 251 g/mol. The van der Waals surface area contributed by atoms with Gasteiger partial charge in [0, 0.05) is 29.8 Å². The zero-order chi connectivity index (χ0) is 13.2. The van der Waals surface area contributed by atoms with E-state index in [1.165, 1.54) is 22.0 Å². The Bertz CT molecular complexity index is 713. The molecule has 2 heterocycles. The standard InChI is InChI=1S/C16H17N3/c1-12-5-4-8-18-15(12)11-19-10-13(9-17)14-6-2-3-7-16(14)19/h2-8,10H,9,11,17H2,1H3. The van der Waals surface area contributed by atoms with Crippen LogP contribution in [-0.4, -0.2) is 9.55 Å². The first kappa shape index (κ1) is 11.9. The lowest BCUT2D eigenvalue weighted by molar-refractivity contribution is 0.794. The summed E-state index contributed by atoms with van der Waals surface area (Å²) in [5.74, 6) is 0. The summed E-state index contributed by atoms with van der Waals surface area (Å²) in [6.45, 7) is 3.44. The molecule has 96 valence electrons. The second-order valence-corrected chi connectivity index (χ2v) is 4.77. The van der Waals surface area contributed by atoms with E-state index in [0.717, 1.165) is 12.2 Å². The second-order valence-electron chi connectivity index (χ2n) is 4.77. The van der Waals surface area contributed by atoms with E-state index in [-0.39, 0.29) is 0 Å². The predicted molar refractivity (Wildman–Crippen MR) is 77.9 cm³/mol. The number of benzene rings is 1. The van der Waals surface area contributed by atoms with E-state index in [1.54, 1.807) is 0 Å². The number of hydrogen-bond acceptors (Lipinski definition) is 2. The molecule has 19 heavy (non-hydrogen) atoms. The van der Waals surface area contributed by atoms with Crippen molar-refractivity contribution in [1.82, 2.24) is 9.55 Å². The van der Waals surface area contributed by atoms with Crippen molar-refractivity contribution in [2.45, 2.75) is 20.0 Å². The van der Waals surface area contributed by atoms with Gasteiger partial charge in [0.05, 0.1) is 12.2 Å². The number of para-hydroxylation sites is 1. The molecule has 0 aliphatic rings. The van der Waals surface area contributed by atoms with Crippen LogP contribution in [0.25, 0.3) is 10.9 Å². The zero-order valence-corrected chi connectivity index (χ0v) is 11.0. The summed E-state index contributed by atoms with van der Waals surface area (Å²) < 4.78 is 2.23. The maximum Gasteiger partial charge on any atom is 0.0651 e. The van der Waals surface area contributed by atoms with Crippen LogP contribution in [-0.2, 0) is 13.1 Å². The SMILES string of the molecule is Cc1cccnc1Cn1cc(CN)c2ccccc21. The number of aromatic nitrogens is 2. The lowest BCUT2D eigenvalue weighted by Crippen LogP contribution is -2.02. The van der Waals surface area contributed by atoms with Crippen molar-refractivity contribution in [2.75, 3.05) is 0 Å². The smallest absolute Gasteiger partial charge is 0.0651 e. The fraction of sp³-hybridized carbons (Fsp3) is 0.188. The van der Waals surface area contributed by atoms with Crippen molar-refractivity contribution < 1.29 is 0 Å². The minimum Gasteiger partial charge on any atom is -0.341 e. The molecule has 1 aromatic carbocycles. The first-order valence-corrected chi connectivity index (χ1v) is 6.47. The molecular formula is C16H17N3. The molecule has 0 bridgehead atoms. The van der Waals surface area contributed by atoms with E-state index in [1.807, 2.05) is 12.3 Å². The minimum atomic E-state index is 0.564. The summed E-state index contributed by atoms with van der Waals surface area (Å²) in [6.07, 6.45) is 3.98. The molecule has 0 spiro atoms. The van der Waals surface area contributed by atoms with Crippen LogP contribution in [0.1, 0.15) is 16.8 Å². The Morgan fingerprint density at radius 1 is 1.16 bits per heavy atom. The summed E-state index contributed by atoms with van der Waals surface area (Å²) in [5, 5.41) is 1.23. The number of hydrogen-bond donors (Lipinski definition) is 1. The minimum absolute atomic E-state index is 0.564. The van der Waals surface area contributed by atoms with E-state index in [4.69, 9.17) is 5.73 Å². The van der Waals surface area contributed by atoms with E-state index < -0.39 is 0 Å². The van der Waals surface area contributed by atoms with Gasteiger partial charge in [-0.2, -0.15) is 0 Å². The third-order valence-electron chi connectivity index (χ3n) is 3.53. The Labute approximate surface area is 112 Å². The van der Waals surface area contributed by atoms with Crippen LogP contribution in [0.4, 0.5) is 0 Å². The van der Waals surface area contributed by atoms with Crippen molar-refractivity contribution >= 4 is 10.9 Å². The predicted octanol–water partition coefficient (Wildman–Crippen LogP) is 2.85. The maximum atomic E-state index is 5.82. The number of fused-ring (bicyclic) bond motifs is 1. The summed E-state index contributed by atoms with van der Waals surface area (Å²) in [6, 6.07) is 12.4. The summed E-state index contributed by atoms with van der Waals surface area (Å²) in [5.41, 5.74) is 10.5. The highest BCUT2D eigenvalue weighted by molar-refractivity contribution is 5.84. The molecule has 0 saturated carbocycles. The van der Waals surface area contributed by atoms with E-state index in [0.29, 0.717) is 6.54 Å². The van der Waals surface area contributed by atoms with Gasteiger partial charge in [-0.15, -0.1) is 0 Å². The largest absolute Gasteiger partial charge is 0.341 e. The normalized spacial score (nSPS) is 11.1. The molecular weight excluding hydrogens is 234 g/mol. The van der Waals surface area contributed by atoms with Gasteiger partial charge in [-0.05, 0) is 30.2 Å². The number of aryl methyl sites for hydroxylation is 1. The van der Waals surface area contributed by atoms with E-state index in [2.05, 4.69) is 53.0 Å². The van der Waals surface area contributed by atoms with Crippen LogP contribution in [0, 0.1) is 6.92 Å². The Morgan fingerprint density at radius 2 is 2.00 bits per heavy atom. The first-order valence-electron chi connectivity index (χ1n) is 6.47. The molecule has 0 radical (unpaired) electrons. The molecule has 3 nitrogen and oxygen atoms in total. The van der Waals surface area contributed by atoms with Crippen LogP contribution in [0.2, 0.25) is 0 Å². The topological polar surface area (TPSA) is 43.8 Å². The molecule has 2 N–H and O–H groups in total. The summed E-state index contributed by atoms with van der Waals surface area (Å²) in [7, 11) is 0. The monoisotopic (exact) mass is 251 g/mol. The number of pyridine rings is 1. The van der Waals surface area contributed by atoms with E-state index >= 15 is 0 Å². The van der Waals surface area contributed by atoms with Gasteiger partial charge in [0.1, 0.15) is 0 Å². The number of rotatable bonds is 3. The molecule has 0 unspecified atom stereocenters. The molecule has 0 aliphatic heterocycles. The van der Waals surface area contributed by atoms with Crippen molar-refractivity contribution in [3.63, 3.8) is 0 Å². The Hall–Kier alpha value is -2.13.